The molecule has 0 aliphatic heterocycles. The molecule has 0 fully saturated rings. The van der Waals surface area contributed by atoms with Crippen molar-refractivity contribution in [3.8, 4) is 5.75 Å². The van der Waals surface area contributed by atoms with Crippen molar-refractivity contribution in [3.63, 3.8) is 0 Å². The van der Waals surface area contributed by atoms with Gasteiger partial charge in [-0.3, -0.25) is 9.59 Å². The van der Waals surface area contributed by atoms with Gasteiger partial charge in [0.15, 0.2) is 11.3 Å². The number of aryl methyl sites for hydroxylation is 2. The highest BCUT2D eigenvalue weighted by atomic mass is 16.5. The van der Waals surface area contributed by atoms with Gasteiger partial charge < -0.3 is 14.4 Å². The van der Waals surface area contributed by atoms with Gasteiger partial charge in [-0.1, -0.05) is 20.3 Å². The van der Waals surface area contributed by atoms with Crippen LogP contribution in [0.2, 0.25) is 0 Å². The van der Waals surface area contributed by atoms with Gasteiger partial charge >= 0.3 is 5.97 Å². The molecular formula is C21H27NO5. The van der Waals surface area contributed by atoms with Crippen LogP contribution in [0.3, 0.4) is 0 Å². The fourth-order valence-corrected chi connectivity index (χ4v) is 3.17. The zero-order chi connectivity index (χ0) is 20.1. The molecule has 0 atom stereocenters. The van der Waals surface area contributed by atoms with Crippen molar-refractivity contribution in [2.45, 2.75) is 59.9 Å². The standard InChI is InChI=1S/C21H27NO5/c1-5-8-10-22-16-11-13(4)14(17(23)9-6-2)12-15(16)19(24)18(20(22)25)21(26)27-7-3/h11-12,24H,5-10H2,1-4H3. The van der Waals surface area contributed by atoms with E-state index in [9.17, 15) is 19.5 Å². The molecule has 0 aliphatic carbocycles. The van der Waals surface area contributed by atoms with Crippen molar-refractivity contribution in [3.05, 3.63) is 39.2 Å². The average Bonchev–Trinajstić information content (AvgIpc) is 2.61. The number of nitrogens with zero attached hydrogens (tertiary/aromatic N) is 1. The van der Waals surface area contributed by atoms with Crippen molar-refractivity contribution < 1.29 is 19.4 Å². The van der Waals surface area contributed by atoms with Crippen molar-refractivity contribution in [1.82, 2.24) is 4.57 Å². The number of Topliss-reactive ketones (excluding diaryl/α,β-unsaturated/α-hetero) is 1. The topological polar surface area (TPSA) is 85.6 Å². The van der Waals surface area contributed by atoms with E-state index in [2.05, 4.69) is 0 Å². The van der Waals surface area contributed by atoms with Gasteiger partial charge in [0.1, 0.15) is 5.75 Å². The zero-order valence-corrected chi connectivity index (χ0v) is 16.4. The van der Waals surface area contributed by atoms with Crippen LogP contribution in [0.1, 0.15) is 72.7 Å². The molecule has 6 heteroatoms. The molecule has 0 aliphatic rings. The summed E-state index contributed by atoms with van der Waals surface area (Å²) >= 11 is 0. The summed E-state index contributed by atoms with van der Waals surface area (Å²) < 4.78 is 6.45. The van der Waals surface area contributed by atoms with Gasteiger partial charge in [-0.15, -0.1) is 0 Å². The van der Waals surface area contributed by atoms with Crippen LogP contribution in [0.5, 0.6) is 5.75 Å². The molecule has 0 amide bonds. The Hall–Kier alpha value is -2.63. The van der Waals surface area contributed by atoms with E-state index < -0.39 is 17.3 Å². The molecule has 2 aromatic rings. The normalized spacial score (nSPS) is 11.0. The number of ether oxygens (including phenoxy) is 1. The fraction of sp³-hybridized carbons (Fsp3) is 0.476. The molecule has 0 unspecified atom stereocenters. The number of benzene rings is 1. The van der Waals surface area contributed by atoms with E-state index in [4.69, 9.17) is 4.74 Å². The molecule has 1 N–H and O–H groups in total. The van der Waals surface area contributed by atoms with E-state index >= 15 is 0 Å². The number of ketones is 1. The summed E-state index contributed by atoms with van der Waals surface area (Å²) in [5, 5.41) is 11.0. The van der Waals surface area contributed by atoms with Crippen LogP contribution < -0.4 is 5.56 Å². The summed E-state index contributed by atoms with van der Waals surface area (Å²) in [6, 6.07) is 3.33. The fourth-order valence-electron chi connectivity index (χ4n) is 3.17. The molecule has 1 aromatic heterocycles. The first-order chi connectivity index (χ1) is 12.9. The van der Waals surface area contributed by atoms with Gasteiger partial charge in [-0.05, 0) is 44.4 Å². The minimum atomic E-state index is -0.853. The van der Waals surface area contributed by atoms with E-state index in [0.717, 1.165) is 18.4 Å². The lowest BCUT2D eigenvalue weighted by atomic mass is 9.97. The van der Waals surface area contributed by atoms with Crippen molar-refractivity contribution in [1.29, 1.82) is 0 Å². The van der Waals surface area contributed by atoms with Crippen molar-refractivity contribution in [2.24, 2.45) is 0 Å². The molecule has 1 aromatic carbocycles. The zero-order valence-electron chi connectivity index (χ0n) is 16.4. The molecule has 0 saturated carbocycles. The number of esters is 1. The van der Waals surface area contributed by atoms with Crippen LogP contribution in [0.15, 0.2) is 16.9 Å². The Kier molecular flexibility index (Phi) is 6.77. The van der Waals surface area contributed by atoms with E-state index in [1.165, 1.54) is 4.57 Å². The van der Waals surface area contributed by atoms with Crippen LogP contribution >= 0.6 is 0 Å². The average molecular weight is 373 g/mol. The third kappa shape index (κ3) is 4.04. The number of fused-ring (bicyclic) bond motifs is 1. The number of carbonyl (C=O) groups excluding carboxylic acids is 2. The van der Waals surface area contributed by atoms with Gasteiger partial charge in [0.2, 0.25) is 0 Å². The SMILES string of the molecule is CCCCn1c(=O)c(C(=O)OCC)c(O)c2cc(C(=O)CCC)c(C)cc21. The highest BCUT2D eigenvalue weighted by molar-refractivity contribution is 6.05. The monoisotopic (exact) mass is 373 g/mol. The molecule has 2 rings (SSSR count). The molecule has 0 bridgehead atoms. The van der Waals surface area contributed by atoms with Gasteiger partial charge in [-0.2, -0.15) is 0 Å². The second-order valence-electron chi connectivity index (χ2n) is 6.61. The summed E-state index contributed by atoms with van der Waals surface area (Å²) in [6.07, 6.45) is 2.73. The van der Waals surface area contributed by atoms with E-state index in [1.54, 1.807) is 19.1 Å². The van der Waals surface area contributed by atoms with Gasteiger partial charge in [0, 0.05) is 23.9 Å². The molecule has 1 heterocycles. The number of aromatic nitrogens is 1. The summed E-state index contributed by atoms with van der Waals surface area (Å²) in [4.78, 5) is 37.6. The maximum absolute atomic E-state index is 12.9. The summed E-state index contributed by atoms with van der Waals surface area (Å²) in [5.41, 5.74) is 0.811. The number of hydrogen-bond donors (Lipinski definition) is 1. The Morgan fingerprint density at radius 1 is 1.15 bits per heavy atom. The predicted molar refractivity (Wildman–Crippen MR) is 105 cm³/mol. The summed E-state index contributed by atoms with van der Waals surface area (Å²) in [5.74, 6) is -1.30. The lowest BCUT2D eigenvalue weighted by Crippen LogP contribution is -2.28. The molecule has 0 saturated heterocycles. The number of rotatable bonds is 8. The third-order valence-electron chi connectivity index (χ3n) is 4.58. The Bertz CT molecular complexity index is 927. The molecule has 0 spiro atoms. The smallest absolute Gasteiger partial charge is 0.347 e. The Morgan fingerprint density at radius 2 is 1.85 bits per heavy atom. The first-order valence-electron chi connectivity index (χ1n) is 9.47. The van der Waals surface area contributed by atoms with Crippen molar-refractivity contribution >= 4 is 22.7 Å². The van der Waals surface area contributed by atoms with Crippen LogP contribution in [0, 0.1) is 6.92 Å². The van der Waals surface area contributed by atoms with Gasteiger partial charge in [-0.25, -0.2) is 4.79 Å². The number of pyridine rings is 1. The maximum atomic E-state index is 12.9. The first kappa shape index (κ1) is 20.7. The molecule has 27 heavy (non-hydrogen) atoms. The number of hydrogen-bond acceptors (Lipinski definition) is 5. The van der Waals surface area contributed by atoms with Crippen LogP contribution in [0.25, 0.3) is 10.9 Å². The largest absolute Gasteiger partial charge is 0.506 e. The predicted octanol–water partition coefficient (Wildman–Crippen LogP) is 3.98. The van der Waals surface area contributed by atoms with Crippen LogP contribution in [-0.4, -0.2) is 28.0 Å². The van der Waals surface area contributed by atoms with Crippen molar-refractivity contribution in [2.75, 3.05) is 6.61 Å². The van der Waals surface area contributed by atoms with Crippen LogP contribution in [-0.2, 0) is 11.3 Å². The molecular weight excluding hydrogens is 346 g/mol. The van der Waals surface area contributed by atoms with Gasteiger partial charge in [0.25, 0.3) is 5.56 Å². The van der Waals surface area contributed by atoms with Crippen LogP contribution in [0.4, 0.5) is 0 Å². The Balaban J connectivity index is 2.84. The second-order valence-corrected chi connectivity index (χ2v) is 6.61. The maximum Gasteiger partial charge on any atom is 0.347 e. The quantitative estimate of drug-likeness (QED) is 0.559. The summed E-state index contributed by atoms with van der Waals surface area (Å²) in [7, 11) is 0. The first-order valence-corrected chi connectivity index (χ1v) is 9.47. The van der Waals surface area contributed by atoms with Gasteiger partial charge in [0.05, 0.1) is 12.1 Å². The third-order valence-corrected chi connectivity index (χ3v) is 4.58. The van der Waals surface area contributed by atoms with E-state index in [1.807, 2.05) is 20.8 Å². The lowest BCUT2D eigenvalue weighted by molar-refractivity contribution is 0.0520. The Morgan fingerprint density at radius 3 is 2.44 bits per heavy atom. The minimum Gasteiger partial charge on any atom is -0.506 e. The summed E-state index contributed by atoms with van der Waals surface area (Å²) in [6.45, 7) is 7.89. The number of carbonyl (C=O) groups is 2. The Labute approximate surface area is 158 Å². The minimum absolute atomic E-state index is 0.0275. The second kappa shape index (κ2) is 8.84. The molecule has 6 nitrogen and oxygen atoms in total. The number of unbranched alkanes of at least 4 members (excludes halogenated alkanes) is 1. The number of aromatic hydroxyl groups is 1. The van der Waals surface area contributed by atoms with E-state index in [-0.39, 0.29) is 18.0 Å². The highest BCUT2D eigenvalue weighted by Gasteiger charge is 2.24. The highest BCUT2D eigenvalue weighted by Crippen LogP contribution is 2.30. The molecule has 146 valence electrons. The molecule has 0 radical (unpaired) electrons. The lowest BCUT2D eigenvalue weighted by Gasteiger charge is -2.16. The van der Waals surface area contributed by atoms with E-state index in [0.29, 0.717) is 35.9 Å².